The normalized spacial score (nSPS) is 10.2. The van der Waals surface area contributed by atoms with E-state index in [1.807, 2.05) is 72.8 Å². The average molecular weight is 610 g/mol. The van der Waals surface area contributed by atoms with Crippen LogP contribution in [0.5, 0.6) is 0 Å². The average Bonchev–Trinajstić information content (AvgIpc) is 2.89. The fourth-order valence-corrected chi connectivity index (χ4v) is 6.18. The Balaban J connectivity index is 0.000000209. The topological polar surface area (TPSA) is 18.5 Å². The number of rotatable bonds is 6. The van der Waals surface area contributed by atoms with E-state index < -0.39 is 16.3 Å². The first-order chi connectivity index (χ1) is 16.2. The molecule has 0 aliphatic rings. The summed E-state index contributed by atoms with van der Waals surface area (Å²) in [6.07, 6.45) is 0. The standard InChI is InChI=1S/2C13H13OP.2ClH.Pd/c2*1-14-15(12-8-4-2-5-9-12)13-10-6-3-7-11-13;;;/h2*2-11H,1H3;2*1H;/q;;;;+2/p-2. The van der Waals surface area contributed by atoms with Crippen molar-refractivity contribution < 1.29 is 25.0 Å². The molecule has 0 amide bonds. The summed E-state index contributed by atoms with van der Waals surface area (Å²) in [7, 11) is 11.9. The maximum atomic E-state index is 5.59. The van der Waals surface area contributed by atoms with Crippen molar-refractivity contribution in [3.05, 3.63) is 121 Å². The summed E-state index contributed by atoms with van der Waals surface area (Å²) in [5.74, 6) is 0. The van der Waals surface area contributed by atoms with Crippen LogP contribution in [0.25, 0.3) is 0 Å². The summed E-state index contributed by atoms with van der Waals surface area (Å²) >= 11 is -0.106. The van der Waals surface area contributed by atoms with Gasteiger partial charge in [-0.2, -0.15) is 0 Å². The summed E-state index contributed by atoms with van der Waals surface area (Å²) in [6.45, 7) is 0. The van der Waals surface area contributed by atoms with E-state index in [0.29, 0.717) is 0 Å². The second kappa shape index (κ2) is 17.4. The van der Waals surface area contributed by atoms with Crippen molar-refractivity contribution >= 4 is 56.6 Å². The summed E-state index contributed by atoms with van der Waals surface area (Å²) < 4.78 is 11.2. The Bertz CT molecular complexity index is 836. The Morgan fingerprint density at radius 3 is 0.788 bits per heavy atom. The maximum absolute atomic E-state index is 5.59. The molecule has 0 aliphatic carbocycles. The fraction of sp³-hybridized carbons (Fsp3) is 0.0769. The molecule has 2 nitrogen and oxygen atoms in total. The number of benzene rings is 4. The first kappa shape index (κ1) is 28.1. The molecule has 7 heteroatoms. The molecule has 0 unspecified atom stereocenters. The van der Waals surface area contributed by atoms with Gasteiger partial charge in [-0.1, -0.05) is 121 Å². The predicted molar refractivity (Wildman–Crippen MR) is 144 cm³/mol. The van der Waals surface area contributed by atoms with Crippen molar-refractivity contribution in [2.75, 3.05) is 14.2 Å². The summed E-state index contributed by atoms with van der Waals surface area (Å²) in [4.78, 5) is 0. The Morgan fingerprint density at radius 2 is 0.636 bits per heavy atom. The Hall–Kier alpha value is -1.10. The van der Waals surface area contributed by atoms with Crippen molar-refractivity contribution in [2.45, 2.75) is 0 Å². The monoisotopic (exact) mass is 608 g/mol. The third kappa shape index (κ3) is 9.96. The van der Waals surface area contributed by atoms with Crippen LogP contribution in [-0.4, -0.2) is 14.2 Å². The molecule has 4 rings (SSSR count). The van der Waals surface area contributed by atoms with Gasteiger partial charge in [-0.25, -0.2) is 0 Å². The first-order valence-electron chi connectivity index (χ1n) is 9.96. The zero-order chi connectivity index (χ0) is 23.7. The fourth-order valence-electron chi connectivity index (χ4n) is 2.97. The molecular weight excluding hydrogens is 584 g/mol. The van der Waals surface area contributed by atoms with Gasteiger partial charge >= 0.3 is 35.0 Å². The minimum absolute atomic E-state index is 0.106. The van der Waals surface area contributed by atoms with E-state index in [-0.39, 0.29) is 15.9 Å². The van der Waals surface area contributed by atoms with Crippen LogP contribution in [0.15, 0.2) is 121 Å². The molecule has 0 spiro atoms. The van der Waals surface area contributed by atoms with Gasteiger partial charge in [0, 0.05) is 35.4 Å². The van der Waals surface area contributed by atoms with Gasteiger partial charge in [0.2, 0.25) is 0 Å². The zero-order valence-electron chi connectivity index (χ0n) is 18.3. The minimum atomic E-state index is -0.649. The second-order valence-corrected chi connectivity index (χ2v) is 12.7. The molecule has 0 bridgehead atoms. The molecule has 4 aromatic carbocycles. The van der Waals surface area contributed by atoms with Crippen LogP contribution in [0, 0.1) is 0 Å². The molecule has 0 saturated heterocycles. The number of halogens is 2. The van der Waals surface area contributed by atoms with E-state index in [4.69, 9.17) is 28.1 Å². The van der Waals surface area contributed by atoms with E-state index in [0.717, 1.165) is 0 Å². The SMILES string of the molecule is COP(c1ccccc1)c1ccccc1.COP(c1ccccc1)c1ccccc1.[Cl][Pd][Cl]. The van der Waals surface area contributed by atoms with Crippen molar-refractivity contribution in [1.29, 1.82) is 0 Å². The van der Waals surface area contributed by atoms with E-state index in [1.54, 1.807) is 14.2 Å². The quantitative estimate of drug-likeness (QED) is 0.178. The molecule has 176 valence electrons. The molecular formula is C26H26Cl2O2P2Pd. The Labute approximate surface area is 216 Å². The van der Waals surface area contributed by atoms with Gasteiger partial charge in [0.25, 0.3) is 0 Å². The van der Waals surface area contributed by atoms with Gasteiger partial charge in [0.1, 0.15) is 0 Å². The van der Waals surface area contributed by atoms with Crippen molar-refractivity contribution in [3.63, 3.8) is 0 Å². The van der Waals surface area contributed by atoms with Gasteiger partial charge in [-0.15, -0.1) is 0 Å². The molecule has 4 aromatic rings. The Morgan fingerprint density at radius 1 is 0.455 bits per heavy atom. The van der Waals surface area contributed by atoms with Gasteiger partial charge < -0.3 is 9.05 Å². The predicted octanol–water partition coefficient (Wildman–Crippen LogP) is 6.74. The molecule has 33 heavy (non-hydrogen) atoms. The van der Waals surface area contributed by atoms with Crippen LogP contribution in [0.1, 0.15) is 0 Å². The number of hydrogen-bond donors (Lipinski definition) is 0. The van der Waals surface area contributed by atoms with Crippen LogP contribution in [0.3, 0.4) is 0 Å². The number of hydrogen-bond acceptors (Lipinski definition) is 2. The molecule has 0 fully saturated rings. The molecule has 0 heterocycles. The van der Waals surface area contributed by atoms with Crippen molar-refractivity contribution in [2.24, 2.45) is 0 Å². The third-order valence-electron chi connectivity index (χ3n) is 4.33. The van der Waals surface area contributed by atoms with Gasteiger partial charge in [-0.05, 0) is 0 Å². The van der Waals surface area contributed by atoms with E-state index >= 15 is 0 Å². The first-order valence-corrected chi connectivity index (χ1v) is 16.5. The van der Waals surface area contributed by atoms with Gasteiger partial charge in [0.15, 0.2) is 0 Å². The summed E-state index contributed by atoms with van der Waals surface area (Å²) in [5, 5.41) is 5.00. The molecule has 0 radical (unpaired) electrons. The third-order valence-corrected chi connectivity index (χ3v) is 8.13. The summed E-state index contributed by atoms with van der Waals surface area (Å²) in [5.41, 5.74) is 0. The van der Waals surface area contributed by atoms with Crippen LogP contribution in [0.2, 0.25) is 0 Å². The van der Waals surface area contributed by atoms with Crippen LogP contribution >= 0.6 is 35.4 Å². The van der Waals surface area contributed by atoms with E-state index in [1.165, 1.54) is 21.2 Å². The van der Waals surface area contributed by atoms with Crippen LogP contribution in [0.4, 0.5) is 0 Å². The molecule has 0 N–H and O–H groups in total. The molecule has 0 aliphatic heterocycles. The van der Waals surface area contributed by atoms with Crippen molar-refractivity contribution in [3.8, 4) is 0 Å². The Kier molecular flexibility index (Phi) is 14.8. The molecule has 0 atom stereocenters. The van der Waals surface area contributed by atoms with Crippen molar-refractivity contribution in [1.82, 2.24) is 0 Å². The van der Waals surface area contributed by atoms with E-state index in [9.17, 15) is 0 Å². The van der Waals surface area contributed by atoms with Gasteiger partial charge in [-0.3, -0.25) is 0 Å². The zero-order valence-corrected chi connectivity index (χ0v) is 23.2. The molecule has 0 saturated carbocycles. The van der Waals surface area contributed by atoms with Gasteiger partial charge in [0.05, 0.1) is 16.3 Å². The van der Waals surface area contributed by atoms with Crippen LogP contribution in [-0.2, 0) is 25.0 Å². The van der Waals surface area contributed by atoms with E-state index in [2.05, 4.69) is 48.5 Å². The van der Waals surface area contributed by atoms with Crippen LogP contribution < -0.4 is 21.2 Å². The molecule has 0 aromatic heterocycles. The summed E-state index contributed by atoms with van der Waals surface area (Å²) in [6, 6.07) is 41.4. The second-order valence-electron chi connectivity index (χ2n) is 6.34.